The van der Waals surface area contributed by atoms with E-state index in [1.807, 2.05) is 18.2 Å². The van der Waals surface area contributed by atoms with Crippen LogP contribution in [-0.2, 0) is 0 Å². The van der Waals surface area contributed by atoms with E-state index in [0.29, 0.717) is 32.2 Å². The molecular weight excluding hydrogens is 406 g/mol. The molecule has 0 aliphatic heterocycles. The Bertz CT molecular complexity index is 1220. The zero-order chi connectivity index (χ0) is 17.6. The van der Waals surface area contributed by atoms with Gasteiger partial charge < -0.3 is 9.47 Å². The maximum absolute atomic E-state index is 12.8. The molecule has 0 fully saturated rings. The monoisotopic (exact) mass is 417 g/mol. The van der Waals surface area contributed by atoms with E-state index in [9.17, 15) is 4.79 Å². The Balaban J connectivity index is 1.94. The molecule has 1 aromatic carbocycles. The van der Waals surface area contributed by atoms with Crippen LogP contribution in [0.25, 0.3) is 22.2 Å². The normalized spacial score (nSPS) is 12.2. The van der Waals surface area contributed by atoms with E-state index < -0.39 is 0 Å². The second-order valence-corrected chi connectivity index (χ2v) is 7.17. The summed E-state index contributed by atoms with van der Waals surface area (Å²) in [6, 6.07) is 7.31. The average molecular weight is 418 g/mol. The number of rotatable bonds is 3. The minimum absolute atomic E-state index is 0.143. The lowest BCUT2D eigenvalue weighted by Crippen LogP contribution is -2.23. The van der Waals surface area contributed by atoms with Crippen molar-refractivity contribution in [2.75, 3.05) is 14.2 Å². The van der Waals surface area contributed by atoms with Crippen LogP contribution in [0.1, 0.15) is 5.56 Å². The van der Waals surface area contributed by atoms with Crippen molar-refractivity contribution in [1.82, 2.24) is 14.4 Å². The van der Waals surface area contributed by atoms with Crippen LogP contribution in [-0.4, -0.2) is 28.6 Å². The molecule has 0 amide bonds. The van der Waals surface area contributed by atoms with E-state index in [1.54, 1.807) is 32.6 Å². The molecule has 0 unspecified atom stereocenters. The van der Waals surface area contributed by atoms with Gasteiger partial charge in [-0.2, -0.15) is 0 Å². The number of ether oxygens (including phenoxy) is 2. The first-order valence-electron chi connectivity index (χ1n) is 7.31. The van der Waals surface area contributed by atoms with Gasteiger partial charge in [0, 0.05) is 22.3 Å². The first-order valence-corrected chi connectivity index (χ1v) is 8.92. The fourth-order valence-corrected chi connectivity index (χ4v) is 3.88. The summed E-state index contributed by atoms with van der Waals surface area (Å²) < 4.78 is 13.5. The topological polar surface area (TPSA) is 65.7 Å². The number of hydrogen-bond donors (Lipinski definition) is 0. The van der Waals surface area contributed by atoms with Gasteiger partial charge in [0.25, 0.3) is 5.56 Å². The molecule has 8 heteroatoms. The van der Waals surface area contributed by atoms with E-state index in [4.69, 9.17) is 9.47 Å². The highest BCUT2D eigenvalue weighted by atomic mass is 79.9. The Hall–Kier alpha value is -2.45. The van der Waals surface area contributed by atoms with Crippen molar-refractivity contribution >= 4 is 49.5 Å². The molecule has 0 bridgehead atoms. The van der Waals surface area contributed by atoms with E-state index in [2.05, 4.69) is 25.9 Å². The Morgan fingerprint density at radius 1 is 1.24 bits per heavy atom. The van der Waals surface area contributed by atoms with Gasteiger partial charge in [0.1, 0.15) is 17.0 Å². The molecule has 3 aromatic heterocycles. The summed E-state index contributed by atoms with van der Waals surface area (Å²) in [6.45, 7) is 0. The summed E-state index contributed by atoms with van der Waals surface area (Å²) >= 11 is 4.69. The Morgan fingerprint density at radius 2 is 2.08 bits per heavy atom. The second kappa shape index (κ2) is 6.12. The van der Waals surface area contributed by atoms with Gasteiger partial charge in [0.05, 0.1) is 18.8 Å². The summed E-state index contributed by atoms with van der Waals surface area (Å²) in [5, 5.41) is 0. The number of methoxy groups -OCH3 is 2. The Kier molecular flexibility index (Phi) is 3.93. The van der Waals surface area contributed by atoms with Crippen LogP contribution in [0.3, 0.4) is 0 Å². The number of thiazole rings is 1. The first kappa shape index (κ1) is 16.0. The first-order chi connectivity index (χ1) is 12.1. The second-order valence-electron chi connectivity index (χ2n) is 5.25. The number of nitrogens with zero attached hydrogens (tertiary/aromatic N) is 3. The average Bonchev–Trinajstić information content (AvgIpc) is 3.11. The molecule has 126 valence electrons. The fourth-order valence-electron chi connectivity index (χ4n) is 2.59. The third kappa shape index (κ3) is 2.67. The number of halogens is 1. The lowest BCUT2D eigenvalue weighted by atomic mass is 10.2. The van der Waals surface area contributed by atoms with Gasteiger partial charge in [-0.1, -0.05) is 11.3 Å². The number of imidazole rings is 1. The van der Waals surface area contributed by atoms with E-state index in [-0.39, 0.29) is 5.56 Å². The van der Waals surface area contributed by atoms with Gasteiger partial charge in [-0.25, -0.2) is 14.4 Å². The quantitative estimate of drug-likeness (QED) is 0.512. The number of aromatic nitrogens is 3. The summed E-state index contributed by atoms with van der Waals surface area (Å²) in [5.41, 5.74) is 1.90. The van der Waals surface area contributed by atoms with Crippen LogP contribution in [0.2, 0.25) is 0 Å². The molecule has 0 saturated carbocycles. The van der Waals surface area contributed by atoms with Crippen LogP contribution < -0.4 is 19.6 Å². The van der Waals surface area contributed by atoms with Gasteiger partial charge in [-0.3, -0.25) is 4.79 Å². The van der Waals surface area contributed by atoms with E-state index in [0.717, 1.165) is 10.0 Å². The molecule has 0 atom stereocenters. The molecule has 0 spiro atoms. The Labute approximate surface area is 154 Å². The molecular formula is C17H12BrN3O3S. The largest absolute Gasteiger partial charge is 0.497 e. The standard InChI is InChI=1S/C17H12BrN3O3S/c1-23-11-4-3-9(13(7-11)24-2)5-14-16(22)21-15-12(20-17(21)25-14)6-10(18)8-19-15/h3-8H,1-2H3/b14-5-. The maximum atomic E-state index is 12.8. The maximum Gasteiger partial charge on any atom is 0.276 e. The minimum atomic E-state index is -0.143. The van der Waals surface area contributed by atoms with Crippen molar-refractivity contribution in [3.8, 4) is 11.5 Å². The molecule has 3 heterocycles. The molecule has 0 radical (unpaired) electrons. The van der Waals surface area contributed by atoms with Crippen molar-refractivity contribution in [3.63, 3.8) is 0 Å². The minimum Gasteiger partial charge on any atom is -0.497 e. The summed E-state index contributed by atoms with van der Waals surface area (Å²) in [5.74, 6) is 1.33. The molecule has 4 aromatic rings. The predicted molar refractivity (Wildman–Crippen MR) is 101 cm³/mol. The molecule has 4 rings (SSSR count). The van der Waals surface area contributed by atoms with Crippen molar-refractivity contribution < 1.29 is 9.47 Å². The van der Waals surface area contributed by atoms with Crippen LogP contribution in [0, 0.1) is 0 Å². The summed E-state index contributed by atoms with van der Waals surface area (Å²) in [7, 11) is 3.18. The number of fused-ring (bicyclic) bond motifs is 3. The lowest BCUT2D eigenvalue weighted by Gasteiger charge is -2.06. The van der Waals surface area contributed by atoms with Gasteiger partial charge in [0.2, 0.25) is 0 Å². The zero-order valence-electron chi connectivity index (χ0n) is 13.3. The summed E-state index contributed by atoms with van der Waals surface area (Å²) in [4.78, 5) is 22.2. The highest BCUT2D eigenvalue weighted by Gasteiger charge is 2.13. The highest BCUT2D eigenvalue weighted by molar-refractivity contribution is 9.10. The fraction of sp³-hybridized carbons (Fsp3) is 0.118. The van der Waals surface area contributed by atoms with Crippen LogP contribution >= 0.6 is 27.3 Å². The molecule has 0 N–H and O–H groups in total. The Morgan fingerprint density at radius 3 is 2.84 bits per heavy atom. The number of benzene rings is 1. The third-order valence-corrected chi connectivity index (χ3v) is 5.18. The predicted octanol–water partition coefficient (Wildman–Crippen LogP) is 2.63. The highest BCUT2D eigenvalue weighted by Crippen LogP contribution is 2.25. The van der Waals surface area contributed by atoms with Crippen molar-refractivity contribution in [1.29, 1.82) is 0 Å². The van der Waals surface area contributed by atoms with Crippen LogP contribution in [0.4, 0.5) is 0 Å². The van der Waals surface area contributed by atoms with Gasteiger partial charge in [-0.15, -0.1) is 0 Å². The molecule has 6 nitrogen and oxygen atoms in total. The van der Waals surface area contributed by atoms with Crippen molar-refractivity contribution in [2.24, 2.45) is 0 Å². The molecule has 0 aliphatic carbocycles. The van der Waals surface area contributed by atoms with Crippen molar-refractivity contribution in [3.05, 3.63) is 55.4 Å². The third-order valence-electron chi connectivity index (χ3n) is 3.78. The number of hydrogen-bond acceptors (Lipinski definition) is 6. The van der Waals surface area contributed by atoms with Crippen LogP contribution in [0.15, 0.2) is 39.7 Å². The van der Waals surface area contributed by atoms with Gasteiger partial charge in [-0.05, 0) is 40.2 Å². The van der Waals surface area contributed by atoms with Crippen LogP contribution in [0.5, 0.6) is 11.5 Å². The summed E-state index contributed by atoms with van der Waals surface area (Å²) in [6.07, 6.45) is 3.45. The van der Waals surface area contributed by atoms with E-state index in [1.165, 1.54) is 15.7 Å². The molecule has 0 saturated heterocycles. The SMILES string of the molecule is COc1ccc(/C=c2\sc3nc4cc(Br)cnc4n3c2=O)c(OC)c1. The smallest absolute Gasteiger partial charge is 0.276 e. The van der Waals surface area contributed by atoms with Crippen molar-refractivity contribution in [2.45, 2.75) is 0 Å². The zero-order valence-corrected chi connectivity index (χ0v) is 15.7. The van der Waals surface area contributed by atoms with Gasteiger partial charge in [0.15, 0.2) is 10.6 Å². The molecule has 25 heavy (non-hydrogen) atoms. The number of pyridine rings is 1. The molecule has 0 aliphatic rings. The lowest BCUT2D eigenvalue weighted by molar-refractivity contribution is 0.393. The van der Waals surface area contributed by atoms with Gasteiger partial charge >= 0.3 is 0 Å². The van der Waals surface area contributed by atoms with E-state index >= 15 is 0 Å².